The summed E-state index contributed by atoms with van der Waals surface area (Å²) in [4.78, 5) is 0. The number of tetrazole rings is 1. The van der Waals surface area contributed by atoms with E-state index in [4.69, 9.17) is 4.74 Å². The molecule has 0 aromatic carbocycles. The fraction of sp³-hybridized carbons (Fsp3) is 0.917. The molecule has 0 amide bonds. The van der Waals surface area contributed by atoms with Crippen molar-refractivity contribution in [3.63, 3.8) is 0 Å². The van der Waals surface area contributed by atoms with Crippen molar-refractivity contribution < 1.29 is 4.74 Å². The Morgan fingerprint density at radius 1 is 1.17 bits per heavy atom. The molecular weight excluding hydrogens is 248 g/mol. The van der Waals surface area contributed by atoms with Gasteiger partial charge < -0.3 is 4.74 Å². The molecule has 1 atom stereocenters. The lowest BCUT2D eigenvalue weighted by molar-refractivity contribution is 0.0911. The molecule has 2 heterocycles. The van der Waals surface area contributed by atoms with Gasteiger partial charge in [0, 0.05) is 11.9 Å². The number of thioether (sulfide) groups is 1. The van der Waals surface area contributed by atoms with Gasteiger partial charge in [0.2, 0.25) is 5.16 Å². The third kappa shape index (κ3) is 3.03. The van der Waals surface area contributed by atoms with Crippen LogP contribution in [-0.4, -0.2) is 38.2 Å². The molecule has 1 saturated carbocycles. The van der Waals surface area contributed by atoms with Gasteiger partial charge in [-0.05, 0) is 36.1 Å². The highest BCUT2D eigenvalue weighted by Crippen LogP contribution is 2.32. The summed E-state index contributed by atoms with van der Waals surface area (Å²) in [6.07, 6.45) is 9.30. The molecule has 1 saturated heterocycles. The number of aromatic nitrogens is 4. The number of rotatable bonds is 4. The maximum atomic E-state index is 5.65. The zero-order valence-corrected chi connectivity index (χ0v) is 11.4. The Balaban J connectivity index is 1.59. The summed E-state index contributed by atoms with van der Waals surface area (Å²) in [5.74, 6) is 0. The standard InChI is InChI=1S/C12H20N4OS/c1-2-6-11(7-3-1)18-12-13-14-15-16(12)9-10-5-4-8-17-10/h10-11H,1-9H2. The lowest BCUT2D eigenvalue weighted by Gasteiger charge is -2.20. The largest absolute Gasteiger partial charge is 0.376 e. The lowest BCUT2D eigenvalue weighted by Crippen LogP contribution is -2.18. The second-order valence-electron chi connectivity index (χ2n) is 5.16. The normalized spacial score (nSPS) is 25.7. The Hall–Kier alpha value is -0.620. The average Bonchev–Trinajstić information content (AvgIpc) is 3.04. The summed E-state index contributed by atoms with van der Waals surface area (Å²) in [6, 6.07) is 0. The topological polar surface area (TPSA) is 52.8 Å². The van der Waals surface area contributed by atoms with Crippen molar-refractivity contribution in [2.24, 2.45) is 0 Å². The first-order valence-electron chi connectivity index (χ1n) is 6.96. The van der Waals surface area contributed by atoms with Crippen LogP contribution >= 0.6 is 11.8 Å². The maximum Gasteiger partial charge on any atom is 0.209 e. The molecule has 6 heteroatoms. The van der Waals surface area contributed by atoms with Gasteiger partial charge in [0.05, 0.1) is 12.6 Å². The Bertz CT molecular complexity index is 372. The van der Waals surface area contributed by atoms with Crippen LogP contribution in [0.5, 0.6) is 0 Å². The fourth-order valence-electron chi connectivity index (χ4n) is 2.71. The maximum absolute atomic E-state index is 5.65. The molecule has 5 nitrogen and oxygen atoms in total. The van der Waals surface area contributed by atoms with Crippen molar-refractivity contribution in [1.82, 2.24) is 20.2 Å². The SMILES string of the molecule is C1CCC(Sc2nnnn2CC2CCCO2)CC1. The van der Waals surface area contributed by atoms with Crippen molar-refractivity contribution in [3.05, 3.63) is 0 Å². The van der Waals surface area contributed by atoms with Crippen molar-refractivity contribution in [3.8, 4) is 0 Å². The van der Waals surface area contributed by atoms with Gasteiger partial charge in [-0.2, -0.15) is 0 Å². The number of hydrogen-bond acceptors (Lipinski definition) is 5. The first-order valence-corrected chi connectivity index (χ1v) is 7.84. The highest BCUT2D eigenvalue weighted by molar-refractivity contribution is 7.99. The minimum absolute atomic E-state index is 0.305. The molecule has 2 fully saturated rings. The third-order valence-corrected chi connectivity index (χ3v) is 5.03. The Morgan fingerprint density at radius 3 is 2.83 bits per heavy atom. The molecule has 1 aromatic rings. The van der Waals surface area contributed by atoms with Gasteiger partial charge in [-0.3, -0.25) is 0 Å². The van der Waals surface area contributed by atoms with Crippen molar-refractivity contribution in [1.29, 1.82) is 0 Å². The summed E-state index contributed by atoms with van der Waals surface area (Å²) in [5, 5.41) is 13.7. The van der Waals surface area contributed by atoms with E-state index in [9.17, 15) is 0 Å². The van der Waals surface area contributed by atoms with Crippen LogP contribution in [-0.2, 0) is 11.3 Å². The zero-order valence-electron chi connectivity index (χ0n) is 10.6. The van der Waals surface area contributed by atoms with E-state index in [0.717, 1.165) is 31.1 Å². The van der Waals surface area contributed by atoms with Gasteiger partial charge in [0.1, 0.15) is 0 Å². The summed E-state index contributed by atoms with van der Waals surface area (Å²) < 4.78 is 7.57. The molecular formula is C12H20N4OS. The van der Waals surface area contributed by atoms with E-state index >= 15 is 0 Å². The van der Waals surface area contributed by atoms with Gasteiger partial charge in [0.15, 0.2) is 0 Å². The van der Waals surface area contributed by atoms with E-state index in [0.29, 0.717) is 11.4 Å². The first-order chi connectivity index (χ1) is 8.92. The average molecular weight is 268 g/mol. The lowest BCUT2D eigenvalue weighted by atomic mass is 10.0. The summed E-state index contributed by atoms with van der Waals surface area (Å²) in [5.41, 5.74) is 0. The van der Waals surface area contributed by atoms with Crippen molar-refractivity contribution in [2.75, 3.05) is 6.61 Å². The molecule has 1 unspecified atom stereocenters. The highest BCUT2D eigenvalue weighted by atomic mass is 32.2. The number of nitrogens with zero attached hydrogens (tertiary/aromatic N) is 4. The first kappa shape index (κ1) is 12.4. The van der Waals surface area contributed by atoms with Crippen LogP contribution in [0.4, 0.5) is 0 Å². The molecule has 0 radical (unpaired) electrons. The molecule has 1 aromatic heterocycles. The summed E-state index contributed by atoms with van der Waals surface area (Å²) >= 11 is 1.85. The molecule has 2 aliphatic rings. The van der Waals surface area contributed by atoms with Crippen molar-refractivity contribution in [2.45, 2.75) is 68.0 Å². The second-order valence-corrected chi connectivity index (χ2v) is 6.42. The number of ether oxygens (including phenoxy) is 1. The van der Waals surface area contributed by atoms with E-state index in [2.05, 4.69) is 15.5 Å². The molecule has 1 aliphatic heterocycles. The van der Waals surface area contributed by atoms with E-state index in [1.165, 1.54) is 32.1 Å². The molecule has 100 valence electrons. The van der Waals surface area contributed by atoms with E-state index in [1.54, 1.807) is 0 Å². The smallest absolute Gasteiger partial charge is 0.209 e. The van der Waals surface area contributed by atoms with E-state index < -0.39 is 0 Å². The molecule has 0 N–H and O–H groups in total. The molecule has 1 aliphatic carbocycles. The third-order valence-electron chi connectivity index (χ3n) is 3.72. The van der Waals surface area contributed by atoms with Gasteiger partial charge in [-0.1, -0.05) is 31.0 Å². The molecule has 0 bridgehead atoms. The van der Waals surface area contributed by atoms with Crippen LogP contribution in [0, 0.1) is 0 Å². The van der Waals surface area contributed by atoms with Crippen LogP contribution in [0.25, 0.3) is 0 Å². The second kappa shape index (κ2) is 6.02. The van der Waals surface area contributed by atoms with Gasteiger partial charge >= 0.3 is 0 Å². The van der Waals surface area contributed by atoms with Gasteiger partial charge in [-0.15, -0.1) is 5.10 Å². The molecule has 18 heavy (non-hydrogen) atoms. The summed E-state index contributed by atoms with van der Waals surface area (Å²) in [6.45, 7) is 1.69. The zero-order chi connectivity index (χ0) is 12.2. The monoisotopic (exact) mass is 268 g/mol. The predicted molar refractivity (Wildman–Crippen MR) is 69.5 cm³/mol. The minimum Gasteiger partial charge on any atom is -0.376 e. The molecule has 3 rings (SSSR count). The minimum atomic E-state index is 0.305. The summed E-state index contributed by atoms with van der Waals surface area (Å²) in [7, 11) is 0. The van der Waals surface area contributed by atoms with Crippen LogP contribution < -0.4 is 0 Å². The number of hydrogen-bond donors (Lipinski definition) is 0. The van der Waals surface area contributed by atoms with Gasteiger partial charge in [0.25, 0.3) is 0 Å². The van der Waals surface area contributed by atoms with Crippen LogP contribution in [0.2, 0.25) is 0 Å². The van der Waals surface area contributed by atoms with Crippen LogP contribution in [0.1, 0.15) is 44.9 Å². The Labute approximate surface area is 112 Å². The van der Waals surface area contributed by atoms with Gasteiger partial charge in [-0.25, -0.2) is 4.68 Å². The predicted octanol–water partition coefficient (Wildman–Crippen LogP) is 2.28. The Morgan fingerprint density at radius 2 is 2.06 bits per heavy atom. The van der Waals surface area contributed by atoms with E-state index in [-0.39, 0.29) is 0 Å². The van der Waals surface area contributed by atoms with Crippen LogP contribution in [0.15, 0.2) is 5.16 Å². The van der Waals surface area contributed by atoms with Crippen LogP contribution in [0.3, 0.4) is 0 Å². The van der Waals surface area contributed by atoms with E-state index in [1.807, 2.05) is 16.4 Å². The molecule has 0 spiro atoms. The Kier molecular flexibility index (Phi) is 4.15. The quantitative estimate of drug-likeness (QED) is 0.838. The van der Waals surface area contributed by atoms with Crippen molar-refractivity contribution >= 4 is 11.8 Å². The fourth-order valence-corrected chi connectivity index (χ4v) is 3.89. The highest BCUT2D eigenvalue weighted by Gasteiger charge is 2.21.